The predicted molar refractivity (Wildman–Crippen MR) is 171 cm³/mol. The van der Waals surface area contributed by atoms with E-state index in [0.29, 0.717) is 66.6 Å². The van der Waals surface area contributed by atoms with Gasteiger partial charge in [-0.1, -0.05) is 52.9 Å². The van der Waals surface area contributed by atoms with Crippen LogP contribution < -0.4 is 14.2 Å². The molecule has 0 spiro atoms. The first-order valence-electron chi connectivity index (χ1n) is 16.3. The molecule has 0 radical (unpaired) electrons. The summed E-state index contributed by atoms with van der Waals surface area (Å²) in [6.45, 7) is 10.3. The van der Waals surface area contributed by atoms with Gasteiger partial charge in [-0.25, -0.2) is 4.79 Å². The number of rotatable bonds is 19. The third-order valence-corrected chi connectivity index (χ3v) is 7.93. The van der Waals surface area contributed by atoms with Crippen LogP contribution in [0.25, 0.3) is 0 Å². The van der Waals surface area contributed by atoms with Gasteiger partial charge in [0.05, 0.1) is 30.9 Å². The smallest absolute Gasteiger partial charge is 0.347 e. The Hall–Kier alpha value is -3.55. The Kier molecular flexibility index (Phi) is 14.0. The summed E-state index contributed by atoms with van der Waals surface area (Å²) >= 11 is 0. The molecular weight excluding hydrogens is 560 g/mol. The SMILES string of the molecule is CCCCCCCCOC(=O)C1CCc2cc(C(C)=O)c(OCCCCCOc3ccc(C(C)=O)c(O)c3C(C)C)cc2O1. The van der Waals surface area contributed by atoms with Crippen LogP contribution in [-0.2, 0) is 16.0 Å². The highest BCUT2D eigenvalue weighted by Crippen LogP contribution is 2.38. The Labute approximate surface area is 262 Å². The van der Waals surface area contributed by atoms with E-state index in [1.54, 1.807) is 18.2 Å². The lowest BCUT2D eigenvalue weighted by Gasteiger charge is -2.26. The fourth-order valence-corrected chi connectivity index (χ4v) is 5.42. The lowest BCUT2D eigenvalue weighted by atomic mass is 9.96. The molecule has 1 unspecified atom stereocenters. The van der Waals surface area contributed by atoms with Gasteiger partial charge in [0.2, 0.25) is 0 Å². The zero-order chi connectivity index (χ0) is 32.1. The molecule has 2 aromatic rings. The fourth-order valence-electron chi connectivity index (χ4n) is 5.42. The Bertz CT molecular complexity index is 1270. The van der Waals surface area contributed by atoms with E-state index in [2.05, 4.69) is 6.92 Å². The van der Waals surface area contributed by atoms with Gasteiger partial charge in [-0.05, 0) is 82.1 Å². The predicted octanol–water partition coefficient (Wildman–Crippen LogP) is 8.15. The van der Waals surface area contributed by atoms with Crippen molar-refractivity contribution < 1.29 is 38.4 Å². The lowest BCUT2D eigenvalue weighted by Crippen LogP contribution is -2.33. The lowest BCUT2D eigenvalue weighted by molar-refractivity contribution is -0.152. The first-order chi connectivity index (χ1) is 21.1. The molecule has 1 heterocycles. The summed E-state index contributed by atoms with van der Waals surface area (Å²) in [5.74, 6) is 0.984. The average Bonchev–Trinajstić information content (AvgIpc) is 2.98. The minimum atomic E-state index is -0.657. The van der Waals surface area contributed by atoms with Crippen molar-refractivity contribution in [1.29, 1.82) is 0 Å². The fraction of sp³-hybridized carbons (Fsp3) is 0.583. The molecule has 8 nitrogen and oxygen atoms in total. The number of aromatic hydroxyl groups is 1. The second-order valence-corrected chi connectivity index (χ2v) is 11.9. The van der Waals surface area contributed by atoms with Crippen LogP contribution in [0.5, 0.6) is 23.0 Å². The Morgan fingerprint density at radius 2 is 1.45 bits per heavy atom. The number of ketones is 2. The summed E-state index contributed by atoms with van der Waals surface area (Å²) in [6.07, 6.45) is 9.59. The highest BCUT2D eigenvalue weighted by molar-refractivity contribution is 5.98. The molecule has 0 amide bonds. The molecule has 1 aliphatic rings. The van der Waals surface area contributed by atoms with Gasteiger partial charge < -0.3 is 24.1 Å². The molecule has 0 bridgehead atoms. The van der Waals surface area contributed by atoms with Crippen molar-refractivity contribution >= 4 is 17.5 Å². The molecule has 1 aliphatic heterocycles. The average molecular weight is 611 g/mol. The molecule has 242 valence electrons. The van der Waals surface area contributed by atoms with Crippen LogP contribution in [-0.4, -0.2) is 48.6 Å². The molecular formula is C36H50O8. The van der Waals surface area contributed by atoms with E-state index in [1.165, 1.54) is 33.1 Å². The Morgan fingerprint density at radius 3 is 2.11 bits per heavy atom. The number of benzene rings is 2. The van der Waals surface area contributed by atoms with Crippen molar-refractivity contribution in [2.45, 2.75) is 117 Å². The minimum Gasteiger partial charge on any atom is -0.507 e. The molecule has 0 aromatic heterocycles. The maximum atomic E-state index is 12.6. The number of carbonyl (C=O) groups is 3. The van der Waals surface area contributed by atoms with E-state index in [0.717, 1.165) is 44.1 Å². The summed E-state index contributed by atoms with van der Waals surface area (Å²) in [5.41, 5.74) is 2.34. The summed E-state index contributed by atoms with van der Waals surface area (Å²) in [4.78, 5) is 36.8. The Balaban J connectivity index is 1.47. The molecule has 0 saturated heterocycles. The van der Waals surface area contributed by atoms with Crippen LogP contribution in [0.1, 0.15) is 137 Å². The molecule has 0 saturated carbocycles. The molecule has 0 fully saturated rings. The quantitative estimate of drug-likeness (QED) is 0.0964. The largest absolute Gasteiger partial charge is 0.507 e. The van der Waals surface area contributed by atoms with Crippen molar-refractivity contribution in [3.05, 3.63) is 46.5 Å². The first kappa shape index (κ1) is 34.9. The number of ether oxygens (including phenoxy) is 4. The van der Waals surface area contributed by atoms with E-state index >= 15 is 0 Å². The molecule has 44 heavy (non-hydrogen) atoms. The number of hydrogen-bond donors (Lipinski definition) is 1. The molecule has 1 atom stereocenters. The van der Waals surface area contributed by atoms with Crippen molar-refractivity contribution in [1.82, 2.24) is 0 Å². The number of aryl methyl sites for hydroxylation is 1. The van der Waals surface area contributed by atoms with Gasteiger partial charge in [0, 0.05) is 11.6 Å². The molecule has 2 aromatic carbocycles. The van der Waals surface area contributed by atoms with Crippen molar-refractivity contribution in [2.24, 2.45) is 0 Å². The van der Waals surface area contributed by atoms with E-state index < -0.39 is 6.10 Å². The highest BCUT2D eigenvalue weighted by Gasteiger charge is 2.29. The zero-order valence-electron chi connectivity index (χ0n) is 27.2. The topological polar surface area (TPSA) is 108 Å². The number of esters is 1. The van der Waals surface area contributed by atoms with Gasteiger partial charge in [0.15, 0.2) is 17.7 Å². The van der Waals surface area contributed by atoms with E-state index in [-0.39, 0.29) is 29.2 Å². The number of carbonyl (C=O) groups excluding carboxylic acids is 3. The van der Waals surface area contributed by atoms with E-state index in [9.17, 15) is 19.5 Å². The van der Waals surface area contributed by atoms with Gasteiger partial charge in [-0.15, -0.1) is 0 Å². The van der Waals surface area contributed by atoms with Crippen molar-refractivity contribution in [3.63, 3.8) is 0 Å². The normalized spacial score (nSPS) is 14.1. The second-order valence-electron chi connectivity index (χ2n) is 11.9. The summed E-state index contributed by atoms with van der Waals surface area (Å²) in [6, 6.07) is 6.89. The minimum absolute atomic E-state index is 0.000185. The zero-order valence-corrected chi connectivity index (χ0v) is 27.2. The van der Waals surface area contributed by atoms with Crippen LogP contribution >= 0.6 is 0 Å². The van der Waals surface area contributed by atoms with Crippen LogP contribution in [0.15, 0.2) is 24.3 Å². The van der Waals surface area contributed by atoms with E-state index in [1.807, 2.05) is 19.9 Å². The Morgan fingerprint density at radius 1 is 0.841 bits per heavy atom. The first-order valence-corrected chi connectivity index (χ1v) is 16.3. The number of hydrogen-bond acceptors (Lipinski definition) is 8. The third-order valence-electron chi connectivity index (χ3n) is 7.93. The standard InChI is InChI=1S/C36H50O8/c1-6-7-8-9-10-12-21-43-36(40)31-17-15-27-22-29(26(5)38)33(23-32(27)44-31)42-20-14-11-13-19-41-30-18-16-28(25(4)37)35(39)34(30)24(2)3/h16,18,22-24,31,39H,6-15,17,19-21H2,1-5H3. The third kappa shape index (κ3) is 10.00. The van der Waals surface area contributed by atoms with Crippen molar-refractivity contribution in [2.75, 3.05) is 19.8 Å². The number of fused-ring (bicyclic) bond motifs is 1. The van der Waals surface area contributed by atoms with Gasteiger partial charge in [-0.3, -0.25) is 9.59 Å². The van der Waals surface area contributed by atoms with Gasteiger partial charge in [0.1, 0.15) is 23.0 Å². The summed E-state index contributed by atoms with van der Waals surface area (Å²) < 4.78 is 23.5. The van der Waals surface area contributed by atoms with Gasteiger partial charge >= 0.3 is 5.97 Å². The maximum Gasteiger partial charge on any atom is 0.347 e. The maximum absolute atomic E-state index is 12.6. The molecule has 0 aliphatic carbocycles. The van der Waals surface area contributed by atoms with Crippen LogP contribution in [0.2, 0.25) is 0 Å². The molecule has 8 heteroatoms. The number of unbranched alkanes of at least 4 members (excludes halogenated alkanes) is 7. The molecule has 1 N–H and O–H groups in total. The second kappa shape index (κ2) is 17.7. The number of Topliss-reactive ketones (excluding diaryl/α,β-unsaturated/α-hetero) is 2. The van der Waals surface area contributed by atoms with Gasteiger partial charge in [-0.2, -0.15) is 0 Å². The summed E-state index contributed by atoms with van der Waals surface area (Å²) in [7, 11) is 0. The van der Waals surface area contributed by atoms with Crippen LogP contribution in [0, 0.1) is 0 Å². The van der Waals surface area contributed by atoms with E-state index in [4.69, 9.17) is 18.9 Å². The summed E-state index contributed by atoms with van der Waals surface area (Å²) in [5, 5.41) is 10.6. The van der Waals surface area contributed by atoms with Gasteiger partial charge in [0.25, 0.3) is 0 Å². The highest BCUT2D eigenvalue weighted by atomic mass is 16.6. The number of phenolic OH excluding ortho intramolecular Hbond substituents is 1. The van der Waals surface area contributed by atoms with Crippen molar-refractivity contribution in [3.8, 4) is 23.0 Å². The van der Waals surface area contributed by atoms with Crippen LogP contribution in [0.4, 0.5) is 0 Å². The molecule has 3 rings (SSSR count). The monoisotopic (exact) mass is 610 g/mol. The van der Waals surface area contributed by atoms with Crippen LogP contribution in [0.3, 0.4) is 0 Å². The number of phenols is 1.